The van der Waals surface area contributed by atoms with Crippen LogP contribution in [0.5, 0.6) is 0 Å². The van der Waals surface area contributed by atoms with E-state index in [0.717, 1.165) is 0 Å². The van der Waals surface area contributed by atoms with Gasteiger partial charge in [0.25, 0.3) is 0 Å². The summed E-state index contributed by atoms with van der Waals surface area (Å²) in [6.07, 6.45) is 0.599. The van der Waals surface area contributed by atoms with Crippen LogP contribution < -0.4 is 0 Å². The Hall–Kier alpha value is -1.70. The van der Waals surface area contributed by atoms with Crippen molar-refractivity contribution in [1.29, 1.82) is 0 Å². The van der Waals surface area contributed by atoms with Gasteiger partial charge < -0.3 is 0 Å². The van der Waals surface area contributed by atoms with Crippen LogP contribution in [0, 0.1) is 0 Å². The number of rotatable bonds is 3. The van der Waals surface area contributed by atoms with Gasteiger partial charge in [0.15, 0.2) is 0 Å². The molecule has 0 aliphatic rings. The zero-order valence-corrected chi connectivity index (χ0v) is 7.09. The summed E-state index contributed by atoms with van der Waals surface area (Å²) < 4.78 is 12.8. The first-order chi connectivity index (χ1) is 6.16. The maximum Gasteiger partial charge on any atom is 0.150 e. The second-order valence-electron chi connectivity index (χ2n) is 2.59. The zero-order valence-electron chi connectivity index (χ0n) is 7.09. The van der Waals surface area contributed by atoms with E-state index >= 15 is 0 Å². The monoisotopic (exact) mass is 176 g/mol. The lowest BCUT2D eigenvalue weighted by atomic mass is 10.0. The number of benzene rings is 1. The number of hydrogen-bond donors (Lipinski definition) is 0. The number of allylic oxidation sites excluding steroid dienone is 1. The van der Waals surface area contributed by atoms with E-state index in [4.69, 9.17) is 0 Å². The smallest absolute Gasteiger partial charge is 0.150 e. The quantitative estimate of drug-likeness (QED) is 0.511. The highest BCUT2D eigenvalue weighted by molar-refractivity contribution is 6.07. The second-order valence-corrected chi connectivity index (χ2v) is 2.59. The van der Waals surface area contributed by atoms with Crippen molar-refractivity contribution in [3.05, 3.63) is 48.6 Å². The van der Waals surface area contributed by atoms with Crippen molar-refractivity contribution in [3.63, 3.8) is 0 Å². The van der Waals surface area contributed by atoms with Crippen LogP contribution in [0.2, 0.25) is 0 Å². The molecule has 0 radical (unpaired) electrons. The van der Waals surface area contributed by atoms with E-state index in [9.17, 15) is 9.18 Å². The summed E-state index contributed by atoms with van der Waals surface area (Å²) in [5.74, 6) is -0.557. The molecule has 1 nitrogen and oxygen atoms in total. The Bertz CT molecular complexity index is 366. The fourth-order valence-electron chi connectivity index (χ4n) is 1.06. The topological polar surface area (TPSA) is 17.1 Å². The molecule has 0 spiro atoms. The van der Waals surface area contributed by atoms with E-state index in [1.165, 1.54) is 0 Å². The lowest BCUT2D eigenvalue weighted by Crippen LogP contribution is -1.89. The fourth-order valence-corrected chi connectivity index (χ4v) is 1.06. The van der Waals surface area contributed by atoms with E-state index < -0.39 is 5.83 Å². The van der Waals surface area contributed by atoms with Gasteiger partial charge in [-0.15, -0.1) is 0 Å². The Morgan fingerprint density at radius 3 is 2.23 bits per heavy atom. The van der Waals surface area contributed by atoms with Crippen molar-refractivity contribution in [2.45, 2.75) is 0 Å². The molecule has 0 N–H and O–H groups in total. The van der Waals surface area contributed by atoms with E-state index in [2.05, 4.69) is 13.2 Å². The highest BCUT2D eigenvalue weighted by atomic mass is 19.1. The summed E-state index contributed by atoms with van der Waals surface area (Å²) in [4.78, 5) is 10.4. The van der Waals surface area contributed by atoms with E-state index in [1.807, 2.05) is 0 Å². The van der Waals surface area contributed by atoms with Crippen molar-refractivity contribution in [2.75, 3.05) is 0 Å². The molecule has 13 heavy (non-hydrogen) atoms. The summed E-state index contributed by atoms with van der Waals surface area (Å²) in [6.45, 7) is 6.69. The minimum Gasteiger partial charge on any atom is -0.298 e. The van der Waals surface area contributed by atoms with Crippen LogP contribution in [-0.2, 0) is 4.79 Å². The SMILES string of the molecule is C=C(F)c1ccccc1C(=C)C=O. The third-order valence-corrected chi connectivity index (χ3v) is 1.71. The van der Waals surface area contributed by atoms with Crippen molar-refractivity contribution in [2.24, 2.45) is 0 Å². The Kier molecular flexibility index (Phi) is 2.75. The molecule has 0 aliphatic heterocycles. The highest BCUT2D eigenvalue weighted by Gasteiger charge is 2.06. The Labute approximate surface area is 76.2 Å². The van der Waals surface area contributed by atoms with Crippen molar-refractivity contribution in [3.8, 4) is 0 Å². The molecule has 0 bridgehead atoms. The zero-order chi connectivity index (χ0) is 9.84. The van der Waals surface area contributed by atoms with Crippen molar-refractivity contribution < 1.29 is 9.18 Å². The molecule has 2 heteroatoms. The molecule has 1 aromatic carbocycles. The lowest BCUT2D eigenvalue weighted by molar-refractivity contribution is -0.103. The standard InChI is InChI=1S/C11H9FO/c1-8(7-13)10-5-3-4-6-11(10)9(2)12/h3-7H,1-2H2. The van der Waals surface area contributed by atoms with Gasteiger partial charge in [-0.3, -0.25) is 4.79 Å². The van der Waals surface area contributed by atoms with Gasteiger partial charge in [-0.25, -0.2) is 4.39 Å². The summed E-state index contributed by atoms with van der Waals surface area (Å²) >= 11 is 0. The largest absolute Gasteiger partial charge is 0.298 e. The average molecular weight is 176 g/mol. The van der Waals surface area contributed by atoms with Gasteiger partial charge in [0.1, 0.15) is 12.1 Å². The molecule has 0 saturated heterocycles. The molecule has 0 aromatic heterocycles. The number of hydrogen-bond acceptors (Lipinski definition) is 1. The van der Waals surface area contributed by atoms with Crippen LogP contribution in [0.15, 0.2) is 37.4 Å². The van der Waals surface area contributed by atoms with Crippen LogP contribution in [-0.4, -0.2) is 6.29 Å². The van der Waals surface area contributed by atoms with Gasteiger partial charge in [-0.05, 0) is 5.56 Å². The van der Waals surface area contributed by atoms with E-state index in [0.29, 0.717) is 17.4 Å². The molecule has 66 valence electrons. The molecule has 0 unspecified atom stereocenters. The van der Waals surface area contributed by atoms with E-state index in [1.54, 1.807) is 24.3 Å². The number of carbonyl (C=O) groups excluding carboxylic acids is 1. The van der Waals surface area contributed by atoms with Gasteiger partial charge in [0.2, 0.25) is 0 Å². The normalized spacial score (nSPS) is 9.31. The molecule has 0 atom stereocenters. The fraction of sp³-hybridized carbons (Fsp3) is 0. The van der Waals surface area contributed by atoms with Crippen LogP contribution in [0.25, 0.3) is 11.4 Å². The van der Waals surface area contributed by atoms with Crippen LogP contribution in [0.3, 0.4) is 0 Å². The number of carbonyl (C=O) groups is 1. The number of aldehydes is 1. The first-order valence-electron chi connectivity index (χ1n) is 3.75. The third kappa shape index (κ3) is 1.90. The van der Waals surface area contributed by atoms with Gasteiger partial charge in [-0.2, -0.15) is 0 Å². The first-order valence-corrected chi connectivity index (χ1v) is 3.75. The molecule has 0 fully saturated rings. The minimum atomic E-state index is -0.557. The molecule has 1 aromatic rings. The first kappa shape index (κ1) is 9.39. The molecule has 0 aliphatic carbocycles. The van der Waals surface area contributed by atoms with Gasteiger partial charge in [0.05, 0.1) is 0 Å². The Balaban J connectivity index is 3.27. The van der Waals surface area contributed by atoms with E-state index in [-0.39, 0.29) is 5.57 Å². The summed E-state index contributed by atoms with van der Waals surface area (Å²) in [6, 6.07) is 6.60. The van der Waals surface area contributed by atoms with Crippen molar-refractivity contribution >= 4 is 17.7 Å². The minimum absolute atomic E-state index is 0.259. The Morgan fingerprint density at radius 2 is 1.77 bits per heavy atom. The summed E-state index contributed by atoms with van der Waals surface area (Å²) in [7, 11) is 0. The Morgan fingerprint density at radius 1 is 1.23 bits per heavy atom. The molecular formula is C11H9FO. The highest BCUT2D eigenvalue weighted by Crippen LogP contribution is 2.22. The average Bonchev–Trinajstić information content (AvgIpc) is 2.16. The molecule has 0 amide bonds. The van der Waals surface area contributed by atoms with Gasteiger partial charge >= 0.3 is 0 Å². The van der Waals surface area contributed by atoms with Gasteiger partial charge in [-0.1, -0.05) is 37.4 Å². The number of halogens is 1. The maximum absolute atomic E-state index is 12.8. The summed E-state index contributed by atoms with van der Waals surface area (Å²) in [5.41, 5.74) is 1.07. The second kappa shape index (κ2) is 3.81. The van der Waals surface area contributed by atoms with Crippen LogP contribution in [0.1, 0.15) is 11.1 Å². The van der Waals surface area contributed by atoms with Gasteiger partial charge in [0, 0.05) is 11.1 Å². The van der Waals surface area contributed by atoms with Crippen LogP contribution >= 0.6 is 0 Å². The predicted octanol–water partition coefficient (Wildman–Crippen LogP) is 2.84. The van der Waals surface area contributed by atoms with Crippen LogP contribution in [0.4, 0.5) is 4.39 Å². The molecule has 0 heterocycles. The maximum atomic E-state index is 12.8. The molecular weight excluding hydrogens is 167 g/mol. The van der Waals surface area contributed by atoms with Crippen molar-refractivity contribution in [1.82, 2.24) is 0 Å². The predicted molar refractivity (Wildman–Crippen MR) is 51.7 cm³/mol. The summed E-state index contributed by atoms with van der Waals surface area (Å²) in [5, 5.41) is 0. The molecule has 0 saturated carbocycles. The molecule has 1 rings (SSSR count). The third-order valence-electron chi connectivity index (χ3n) is 1.71. The lowest BCUT2D eigenvalue weighted by Gasteiger charge is -2.04.